The summed E-state index contributed by atoms with van der Waals surface area (Å²) in [5.74, 6) is 1.03. The highest BCUT2D eigenvalue weighted by atomic mass is 16.3. The fourth-order valence-electron chi connectivity index (χ4n) is 1.86. The van der Waals surface area contributed by atoms with Gasteiger partial charge in [0, 0.05) is 0 Å². The first-order chi connectivity index (χ1) is 7.84. The van der Waals surface area contributed by atoms with E-state index in [0.717, 1.165) is 12.3 Å². The maximum atomic E-state index is 5.34. The van der Waals surface area contributed by atoms with Gasteiger partial charge in [0.2, 0.25) is 0 Å². The van der Waals surface area contributed by atoms with Crippen LogP contribution < -0.4 is 5.32 Å². The number of furan rings is 1. The zero-order valence-electron chi connectivity index (χ0n) is 10.7. The van der Waals surface area contributed by atoms with Gasteiger partial charge in [-0.2, -0.15) is 0 Å². The van der Waals surface area contributed by atoms with Gasteiger partial charge in [0.05, 0.1) is 12.3 Å². The maximum Gasteiger partial charge on any atom is 0.120 e. The van der Waals surface area contributed by atoms with Crippen LogP contribution in [-0.2, 0) is 0 Å². The predicted molar refractivity (Wildman–Crippen MR) is 68.5 cm³/mol. The summed E-state index contributed by atoms with van der Waals surface area (Å²) in [4.78, 5) is 0. The van der Waals surface area contributed by atoms with E-state index in [0.29, 0.717) is 6.04 Å². The first-order valence-corrected chi connectivity index (χ1v) is 6.61. The molecule has 1 rings (SSSR count). The van der Waals surface area contributed by atoms with Gasteiger partial charge in [-0.3, -0.25) is 0 Å². The average molecular weight is 223 g/mol. The zero-order valence-corrected chi connectivity index (χ0v) is 10.7. The first kappa shape index (κ1) is 13.3. The van der Waals surface area contributed by atoms with Crippen LogP contribution in [0.3, 0.4) is 0 Å². The van der Waals surface area contributed by atoms with Crippen molar-refractivity contribution in [1.29, 1.82) is 0 Å². The van der Waals surface area contributed by atoms with Crippen molar-refractivity contribution in [3.8, 4) is 0 Å². The van der Waals surface area contributed by atoms with Gasteiger partial charge < -0.3 is 9.73 Å². The van der Waals surface area contributed by atoms with E-state index >= 15 is 0 Å². The van der Waals surface area contributed by atoms with Crippen molar-refractivity contribution in [3.63, 3.8) is 0 Å². The lowest BCUT2D eigenvalue weighted by atomic mass is 10.1. The van der Waals surface area contributed by atoms with Crippen molar-refractivity contribution in [2.24, 2.45) is 0 Å². The second kappa shape index (κ2) is 8.40. The molecule has 0 aromatic carbocycles. The zero-order chi connectivity index (χ0) is 11.6. The van der Waals surface area contributed by atoms with Crippen LogP contribution >= 0.6 is 0 Å². The van der Waals surface area contributed by atoms with Crippen LogP contribution in [0.2, 0.25) is 0 Å². The summed E-state index contributed by atoms with van der Waals surface area (Å²) in [5, 5.41) is 3.48. The lowest BCUT2D eigenvalue weighted by Gasteiger charge is -2.10. The third-order valence-corrected chi connectivity index (χ3v) is 2.95. The minimum Gasteiger partial charge on any atom is -0.468 e. The molecule has 16 heavy (non-hydrogen) atoms. The summed E-state index contributed by atoms with van der Waals surface area (Å²) in [5.41, 5.74) is 0. The molecule has 0 amide bonds. The molecule has 1 atom stereocenters. The predicted octanol–water partition coefficient (Wildman–Crippen LogP) is 4.29. The van der Waals surface area contributed by atoms with Crippen LogP contribution in [0.4, 0.5) is 0 Å². The summed E-state index contributed by atoms with van der Waals surface area (Å²) in [7, 11) is 0. The summed E-state index contributed by atoms with van der Waals surface area (Å²) in [6.07, 6.45) is 9.84. The molecule has 92 valence electrons. The van der Waals surface area contributed by atoms with Gasteiger partial charge in [-0.1, -0.05) is 39.0 Å². The number of unbranched alkanes of at least 4 members (excludes halogenated alkanes) is 5. The third kappa shape index (κ3) is 5.36. The van der Waals surface area contributed by atoms with E-state index in [9.17, 15) is 0 Å². The van der Waals surface area contributed by atoms with Crippen LogP contribution in [0.15, 0.2) is 22.8 Å². The Morgan fingerprint density at radius 2 is 1.94 bits per heavy atom. The summed E-state index contributed by atoms with van der Waals surface area (Å²) in [6.45, 7) is 5.50. The van der Waals surface area contributed by atoms with E-state index in [-0.39, 0.29) is 0 Å². The Labute approximate surface area is 99.4 Å². The van der Waals surface area contributed by atoms with Gasteiger partial charge in [0.25, 0.3) is 0 Å². The van der Waals surface area contributed by atoms with Crippen molar-refractivity contribution < 1.29 is 4.42 Å². The summed E-state index contributed by atoms with van der Waals surface area (Å²) >= 11 is 0. The van der Waals surface area contributed by atoms with Gasteiger partial charge in [0.1, 0.15) is 5.76 Å². The molecule has 0 spiro atoms. The van der Waals surface area contributed by atoms with E-state index in [1.165, 1.54) is 38.5 Å². The normalized spacial score (nSPS) is 12.9. The van der Waals surface area contributed by atoms with E-state index in [1.807, 2.05) is 12.1 Å². The van der Waals surface area contributed by atoms with Gasteiger partial charge >= 0.3 is 0 Å². The molecule has 2 nitrogen and oxygen atoms in total. The van der Waals surface area contributed by atoms with Gasteiger partial charge in [-0.25, -0.2) is 0 Å². The monoisotopic (exact) mass is 223 g/mol. The Kier molecular flexibility index (Phi) is 6.98. The summed E-state index contributed by atoms with van der Waals surface area (Å²) < 4.78 is 5.34. The number of rotatable bonds is 9. The Bertz CT molecular complexity index is 243. The fraction of sp³-hybridized carbons (Fsp3) is 0.714. The Hall–Kier alpha value is -0.760. The molecule has 0 bridgehead atoms. The van der Waals surface area contributed by atoms with Gasteiger partial charge in [-0.15, -0.1) is 0 Å². The van der Waals surface area contributed by atoms with Gasteiger partial charge in [-0.05, 0) is 32.0 Å². The molecule has 0 aliphatic carbocycles. The standard InChI is InChI=1S/C14H25NO/c1-3-4-5-6-7-8-11-15-13(2)14-10-9-12-16-14/h9-10,12-13,15H,3-8,11H2,1-2H3/t13-/m1/s1. The second-order valence-corrected chi connectivity index (χ2v) is 4.46. The highest BCUT2D eigenvalue weighted by molar-refractivity contribution is 5.02. The number of hydrogen-bond acceptors (Lipinski definition) is 2. The molecule has 1 N–H and O–H groups in total. The van der Waals surface area contributed by atoms with E-state index in [2.05, 4.69) is 19.2 Å². The van der Waals surface area contributed by atoms with E-state index < -0.39 is 0 Å². The topological polar surface area (TPSA) is 25.2 Å². The highest BCUT2D eigenvalue weighted by Crippen LogP contribution is 2.12. The van der Waals surface area contributed by atoms with Crippen LogP contribution in [0.5, 0.6) is 0 Å². The van der Waals surface area contributed by atoms with Crippen molar-refractivity contribution >= 4 is 0 Å². The molecular weight excluding hydrogens is 198 g/mol. The molecule has 0 aliphatic rings. The number of nitrogens with one attached hydrogen (secondary N) is 1. The second-order valence-electron chi connectivity index (χ2n) is 4.46. The molecule has 0 aliphatic heterocycles. The fourth-order valence-corrected chi connectivity index (χ4v) is 1.86. The van der Waals surface area contributed by atoms with Crippen LogP contribution in [-0.4, -0.2) is 6.54 Å². The molecule has 0 saturated heterocycles. The minimum atomic E-state index is 0.339. The lowest BCUT2D eigenvalue weighted by molar-refractivity contribution is 0.425. The van der Waals surface area contributed by atoms with Crippen molar-refractivity contribution in [3.05, 3.63) is 24.2 Å². The number of hydrogen-bond donors (Lipinski definition) is 1. The van der Waals surface area contributed by atoms with Gasteiger partial charge in [0.15, 0.2) is 0 Å². The molecule has 0 saturated carbocycles. The average Bonchev–Trinajstić information content (AvgIpc) is 2.81. The van der Waals surface area contributed by atoms with Crippen LogP contribution in [0.1, 0.15) is 64.2 Å². The Morgan fingerprint density at radius 1 is 1.19 bits per heavy atom. The molecule has 0 radical (unpaired) electrons. The van der Waals surface area contributed by atoms with E-state index in [1.54, 1.807) is 6.26 Å². The first-order valence-electron chi connectivity index (χ1n) is 6.61. The molecule has 2 heteroatoms. The SMILES string of the molecule is CCCCCCCCN[C@H](C)c1ccco1. The van der Waals surface area contributed by atoms with Crippen molar-refractivity contribution in [2.75, 3.05) is 6.54 Å². The maximum absolute atomic E-state index is 5.34. The summed E-state index contributed by atoms with van der Waals surface area (Å²) in [6, 6.07) is 4.31. The van der Waals surface area contributed by atoms with Crippen molar-refractivity contribution in [1.82, 2.24) is 5.32 Å². The van der Waals surface area contributed by atoms with Crippen LogP contribution in [0.25, 0.3) is 0 Å². The smallest absolute Gasteiger partial charge is 0.120 e. The molecule has 0 unspecified atom stereocenters. The molecular formula is C14H25NO. The molecule has 1 aromatic rings. The molecule has 1 aromatic heterocycles. The Balaban J connectivity index is 1.95. The van der Waals surface area contributed by atoms with E-state index in [4.69, 9.17) is 4.42 Å². The minimum absolute atomic E-state index is 0.339. The van der Waals surface area contributed by atoms with Crippen LogP contribution in [0, 0.1) is 0 Å². The molecule has 0 fully saturated rings. The third-order valence-electron chi connectivity index (χ3n) is 2.95. The van der Waals surface area contributed by atoms with Crippen molar-refractivity contribution in [2.45, 2.75) is 58.4 Å². The highest BCUT2D eigenvalue weighted by Gasteiger charge is 2.05. The Morgan fingerprint density at radius 3 is 2.62 bits per heavy atom. The largest absolute Gasteiger partial charge is 0.468 e. The lowest BCUT2D eigenvalue weighted by Crippen LogP contribution is -2.19. The molecule has 1 heterocycles. The quantitative estimate of drug-likeness (QED) is 0.632.